The Morgan fingerprint density at radius 3 is 2.58 bits per heavy atom. The summed E-state index contributed by atoms with van der Waals surface area (Å²) in [6.07, 6.45) is 3.52. The third-order valence-electron chi connectivity index (χ3n) is 5.00. The van der Waals surface area contributed by atoms with Crippen LogP contribution in [-0.4, -0.2) is 29.9 Å². The molecule has 0 spiro atoms. The zero-order chi connectivity index (χ0) is 16.5. The maximum atomic E-state index is 12.3. The number of carbonyl (C=O) groups excluding carboxylic acids is 2. The van der Waals surface area contributed by atoms with Crippen molar-refractivity contribution in [2.24, 2.45) is 11.8 Å². The van der Waals surface area contributed by atoms with Crippen LogP contribution < -0.4 is 0 Å². The van der Waals surface area contributed by atoms with Crippen molar-refractivity contribution >= 4 is 33.3 Å². The van der Waals surface area contributed by atoms with Crippen molar-refractivity contribution in [1.29, 1.82) is 0 Å². The molecular weight excluding hydrogens is 322 g/mol. The SMILES string of the molecule is O=C(OCc1csc2ccccc12)C1CCN(C(=O)C2CC2)CC1. The first kappa shape index (κ1) is 15.6. The van der Waals surface area contributed by atoms with E-state index in [-0.39, 0.29) is 23.7 Å². The van der Waals surface area contributed by atoms with Crippen LogP contribution in [0.15, 0.2) is 29.6 Å². The molecule has 2 fully saturated rings. The summed E-state index contributed by atoms with van der Waals surface area (Å²) < 4.78 is 6.77. The van der Waals surface area contributed by atoms with E-state index in [0.29, 0.717) is 19.7 Å². The second kappa shape index (κ2) is 6.55. The standard InChI is InChI=1S/C19H21NO3S/c21-18(13-5-6-13)20-9-7-14(8-10-20)19(22)23-11-15-12-24-17-4-2-1-3-16(15)17/h1-4,12-14H,5-11H2. The Bertz CT molecular complexity index is 757. The molecule has 2 heterocycles. The van der Waals surface area contributed by atoms with Gasteiger partial charge in [-0.15, -0.1) is 11.3 Å². The fourth-order valence-corrected chi connectivity index (χ4v) is 4.28. The predicted molar refractivity (Wildman–Crippen MR) is 93.6 cm³/mol. The minimum atomic E-state index is -0.121. The van der Waals surface area contributed by atoms with E-state index in [9.17, 15) is 9.59 Å². The molecule has 0 N–H and O–H groups in total. The van der Waals surface area contributed by atoms with Crippen LogP contribution in [0, 0.1) is 11.8 Å². The van der Waals surface area contributed by atoms with Crippen molar-refractivity contribution in [3.63, 3.8) is 0 Å². The zero-order valence-electron chi connectivity index (χ0n) is 13.6. The highest BCUT2D eigenvalue weighted by Crippen LogP contribution is 2.33. The molecule has 126 valence electrons. The van der Waals surface area contributed by atoms with Crippen LogP contribution in [-0.2, 0) is 20.9 Å². The Morgan fingerprint density at radius 1 is 1.08 bits per heavy atom. The predicted octanol–water partition coefficient (Wildman–Crippen LogP) is 3.59. The minimum absolute atomic E-state index is 0.0712. The van der Waals surface area contributed by atoms with E-state index in [1.807, 2.05) is 17.0 Å². The number of ether oxygens (including phenoxy) is 1. The number of amides is 1. The number of piperidine rings is 1. The number of hydrogen-bond donors (Lipinski definition) is 0. The Morgan fingerprint density at radius 2 is 1.83 bits per heavy atom. The van der Waals surface area contributed by atoms with E-state index in [0.717, 1.165) is 31.2 Å². The summed E-state index contributed by atoms with van der Waals surface area (Å²) in [5.74, 6) is 0.355. The first-order valence-electron chi connectivity index (χ1n) is 8.63. The van der Waals surface area contributed by atoms with Crippen LogP contribution in [0.25, 0.3) is 10.1 Å². The highest BCUT2D eigenvalue weighted by molar-refractivity contribution is 7.17. The number of nitrogens with zero attached hydrogens (tertiary/aromatic N) is 1. The summed E-state index contributed by atoms with van der Waals surface area (Å²) in [5.41, 5.74) is 1.07. The lowest BCUT2D eigenvalue weighted by molar-refractivity contribution is -0.153. The maximum absolute atomic E-state index is 12.3. The number of likely N-dealkylation sites (tertiary alicyclic amines) is 1. The van der Waals surface area contributed by atoms with Gasteiger partial charge in [0.1, 0.15) is 6.61 Å². The molecule has 4 rings (SSSR count). The molecule has 0 radical (unpaired) electrons. The molecular formula is C19H21NO3S. The van der Waals surface area contributed by atoms with Gasteiger partial charge in [-0.05, 0) is 42.5 Å². The van der Waals surface area contributed by atoms with Gasteiger partial charge in [0.15, 0.2) is 0 Å². The van der Waals surface area contributed by atoms with Gasteiger partial charge >= 0.3 is 5.97 Å². The molecule has 24 heavy (non-hydrogen) atoms. The van der Waals surface area contributed by atoms with E-state index in [1.165, 1.54) is 10.1 Å². The number of esters is 1. The van der Waals surface area contributed by atoms with Crippen molar-refractivity contribution in [3.05, 3.63) is 35.2 Å². The summed E-state index contributed by atoms with van der Waals surface area (Å²) in [7, 11) is 0. The minimum Gasteiger partial charge on any atom is -0.461 e. The van der Waals surface area contributed by atoms with E-state index >= 15 is 0 Å². The molecule has 0 bridgehead atoms. The Balaban J connectivity index is 1.30. The summed E-state index contributed by atoms with van der Waals surface area (Å²) in [6, 6.07) is 8.17. The Kier molecular flexibility index (Phi) is 4.27. The number of fused-ring (bicyclic) bond motifs is 1. The lowest BCUT2D eigenvalue weighted by Gasteiger charge is -2.31. The van der Waals surface area contributed by atoms with E-state index < -0.39 is 0 Å². The van der Waals surface area contributed by atoms with Gasteiger partial charge < -0.3 is 9.64 Å². The number of thiophene rings is 1. The van der Waals surface area contributed by atoms with Crippen LogP contribution in [0.4, 0.5) is 0 Å². The number of rotatable bonds is 4. The number of benzene rings is 1. The molecule has 4 nitrogen and oxygen atoms in total. The molecule has 1 aromatic heterocycles. The van der Waals surface area contributed by atoms with Gasteiger partial charge in [-0.2, -0.15) is 0 Å². The van der Waals surface area contributed by atoms with Gasteiger partial charge in [0.25, 0.3) is 0 Å². The summed E-state index contributed by atoms with van der Waals surface area (Å²) in [5, 5.41) is 3.23. The second-order valence-corrected chi connectivity index (χ2v) is 7.65. The second-order valence-electron chi connectivity index (χ2n) is 6.74. The molecule has 1 saturated heterocycles. The quantitative estimate of drug-likeness (QED) is 0.797. The third kappa shape index (κ3) is 3.18. The van der Waals surface area contributed by atoms with Crippen LogP contribution in [0.5, 0.6) is 0 Å². The molecule has 5 heteroatoms. The summed E-state index contributed by atoms with van der Waals surface area (Å²) in [6.45, 7) is 1.72. The molecule has 1 amide bonds. The molecule has 2 aliphatic rings. The topological polar surface area (TPSA) is 46.6 Å². The number of carbonyl (C=O) groups is 2. The Hall–Kier alpha value is -1.88. The van der Waals surface area contributed by atoms with E-state index in [2.05, 4.69) is 17.5 Å². The van der Waals surface area contributed by atoms with Gasteiger partial charge in [-0.1, -0.05) is 18.2 Å². The van der Waals surface area contributed by atoms with Crippen LogP contribution in [0.3, 0.4) is 0 Å². The summed E-state index contributed by atoms with van der Waals surface area (Å²) in [4.78, 5) is 26.3. The lowest BCUT2D eigenvalue weighted by atomic mass is 9.96. The molecule has 1 aliphatic carbocycles. The zero-order valence-corrected chi connectivity index (χ0v) is 14.4. The van der Waals surface area contributed by atoms with E-state index in [4.69, 9.17) is 4.74 Å². The van der Waals surface area contributed by atoms with Crippen LogP contribution >= 0.6 is 11.3 Å². The van der Waals surface area contributed by atoms with Crippen molar-refractivity contribution in [2.75, 3.05) is 13.1 Å². The molecule has 1 aromatic carbocycles. The number of hydrogen-bond acceptors (Lipinski definition) is 4. The fourth-order valence-electron chi connectivity index (χ4n) is 3.34. The lowest BCUT2D eigenvalue weighted by Crippen LogP contribution is -2.41. The Labute approximate surface area is 145 Å². The van der Waals surface area contributed by atoms with E-state index in [1.54, 1.807) is 11.3 Å². The fraction of sp³-hybridized carbons (Fsp3) is 0.474. The van der Waals surface area contributed by atoms with Crippen LogP contribution in [0.2, 0.25) is 0 Å². The van der Waals surface area contributed by atoms with Gasteiger partial charge in [-0.25, -0.2) is 0 Å². The molecule has 1 aliphatic heterocycles. The third-order valence-corrected chi connectivity index (χ3v) is 6.01. The monoisotopic (exact) mass is 343 g/mol. The largest absolute Gasteiger partial charge is 0.461 e. The highest BCUT2D eigenvalue weighted by atomic mass is 32.1. The molecule has 0 atom stereocenters. The molecule has 0 unspecified atom stereocenters. The highest BCUT2D eigenvalue weighted by Gasteiger charge is 2.36. The average Bonchev–Trinajstić information content (AvgIpc) is 3.40. The molecule has 2 aromatic rings. The van der Waals surface area contributed by atoms with Crippen molar-refractivity contribution < 1.29 is 14.3 Å². The summed E-state index contributed by atoms with van der Waals surface area (Å²) >= 11 is 1.68. The smallest absolute Gasteiger partial charge is 0.309 e. The first-order chi connectivity index (χ1) is 11.7. The van der Waals surface area contributed by atoms with Gasteiger partial charge in [0, 0.05) is 29.3 Å². The average molecular weight is 343 g/mol. The van der Waals surface area contributed by atoms with Gasteiger partial charge in [0.2, 0.25) is 5.91 Å². The van der Waals surface area contributed by atoms with Crippen molar-refractivity contribution in [1.82, 2.24) is 4.90 Å². The van der Waals surface area contributed by atoms with Crippen LogP contribution in [0.1, 0.15) is 31.2 Å². The first-order valence-corrected chi connectivity index (χ1v) is 9.51. The van der Waals surface area contributed by atoms with Gasteiger partial charge in [0.05, 0.1) is 5.92 Å². The normalized spacial score (nSPS) is 18.8. The van der Waals surface area contributed by atoms with Crippen molar-refractivity contribution in [2.45, 2.75) is 32.3 Å². The maximum Gasteiger partial charge on any atom is 0.309 e. The van der Waals surface area contributed by atoms with Crippen molar-refractivity contribution in [3.8, 4) is 0 Å². The molecule has 1 saturated carbocycles. The van der Waals surface area contributed by atoms with Gasteiger partial charge in [-0.3, -0.25) is 9.59 Å².